The molecule has 0 fully saturated rings. The monoisotopic (exact) mass is 363 g/mol. The summed E-state index contributed by atoms with van der Waals surface area (Å²) in [7, 11) is 0. The molecule has 0 aliphatic heterocycles. The highest BCUT2D eigenvalue weighted by Gasteiger charge is 2.15. The largest absolute Gasteiger partial charge is 0.256 e. The molecule has 0 bridgehead atoms. The summed E-state index contributed by atoms with van der Waals surface area (Å²) in [5.74, 6) is -0.216. The molecule has 0 saturated carbocycles. The van der Waals surface area contributed by atoms with E-state index in [1.807, 2.05) is 61.7 Å². The molecule has 0 aliphatic rings. The molecule has 28 heavy (non-hydrogen) atoms. The number of rotatable bonds is 2. The highest BCUT2D eigenvalue weighted by molar-refractivity contribution is 6.01. The molecule has 134 valence electrons. The molecule has 0 radical (unpaired) electrons. The summed E-state index contributed by atoms with van der Waals surface area (Å²) in [6.45, 7) is 1.98. The lowest BCUT2D eigenvalue weighted by atomic mass is 9.92. The molecule has 5 aromatic rings. The van der Waals surface area contributed by atoms with Crippen molar-refractivity contribution in [2.75, 3.05) is 0 Å². The van der Waals surface area contributed by atoms with E-state index in [-0.39, 0.29) is 5.82 Å². The van der Waals surface area contributed by atoms with Crippen LogP contribution in [0.3, 0.4) is 0 Å². The number of fused-ring (bicyclic) bond motifs is 2. The lowest BCUT2D eigenvalue weighted by molar-refractivity contribution is 0.632. The molecule has 2 heteroatoms. The van der Waals surface area contributed by atoms with Crippen LogP contribution in [0.5, 0.6) is 0 Å². The smallest absolute Gasteiger partial charge is 0.132 e. The minimum atomic E-state index is -0.216. The van der Waals surface area contributed by atoms with Crippen LogP contribution in [0.4, 0.5) is 4.39 Å². The Morgan fingerprint density at radius 2 is 1.43 bits per heavy atom. The van der Waals surface area contributed by atoms with Crippen LogP contribution >= 0.6 is 0 Å². The van der Waals surface area contributed by atoms with Crippen LogP contribution in [-0.2, 0) is 0 Å². The third-order valence-electron chi connectivity index (χ3n) is 5.36. The number of hydrogen-bond donors (Lipinski definition) is 0. The summed E-state index contributed by atoms with van der Waals surface area (Å²) in [6, 6.07) is 27.8. The van der Waals surface area contributed by atoms with Crippen LogP contribution < -0.4 is 0 Å². The molecule has 0 saturated heterocycles. The van der Waals surface area contributed by atoms with E-state index in [1.165, 1.54) is 5.39 Å². The van der Waals surface area contributed by atoms with E-state index in [9.17, 15) is 0 Å². The van der Waals surface area contributed by atoms with Crippen molar-refractivity contribution in [3.63, 3.8) is 0 Å². The van der Waals surface area contributed by atoms with Crippen molar-refractivity contribution in [3.05, 3.63) is 103 Å². The number of aromatic nitrogens is 1. The summed E-state index contributed by atoms with van der Waals surface area (Å²) in [4.78, 5) is 4.60. The van der Waals surface area contributed by atoms with Crippen LogP contribution in [0.1, 0.15) is 5.56 Å². The predicted octanol–water partition coefficient (Wildman–Crippen LogP) is 7.17. The number of nitrogens with zero attached hydrogens (tertiary/aromatic N) is 1. The maximum atomic E-state index is 15.2. The van der Waals surface area contributed by atoms with Gasteiger partial charge in [-0.15, -0.1) is 0 Å². The van der Waals surface area contributed by atoms with Crippen molar-refractivity contribution < 1.29 is 4.39 Å². The molecule has 1 heterocycles. The number of halogens is 1. The van der Waals surface area contributed by atoms with E-state index in [0.717, 1.165) is 38.5 Å². The van der Waals surface area contributed by atoms with Crippen molar-refractivity contribution in [3.8, 4) is 22.4 Å². The van der Waals surface area contributed by atoms with Gasteiger partial charge >= 0.3 is 0 Å². The first-order chi connectivity index (χ1) is 13.7. The number of pyridine rings is 1. The van der Waals surface area contributed by atoms with Crippen molar-refractivity contribution >= 4 is 21.5 Å². The van der Waals surface area contributed by atoms with Gasteiger partial charge in [-0.1, -0.05) is 66.7 Å². The van der Waals surface area contributed by atoms with Gasteiger partial charge in [-0.25, -0.2) is 4.39 Å². The van der Waals surface area contributed by atoms with Gasteiger partial charge in [0, 0.05) is 22.7 Å². The number of aryl methyl sites for hydroxylation is 1. The topological polar surface area (TPSA) is 12.9 Å². The molecule has 0 aliphatic carbocycles. The average Bonchev–Trinajstić information content (AvgIpc) is 2.74. The van der Waals surface area contributed by atoms with Gasteiger partial charge in [0.1, 0.15) is 5.82 Å². The van der Waals surface area contributed by atoms with Crippen LogP contribution in [0.2, 0.25) is 0 Å². The first kappa shape index (κ1) is 16.6. The quantitative estimate of drug-likeness (QED) is 0.324. The van der Waals surface area contributed by atoms with Gasteiger partial charge in [0.15, 0.2) is 0 Å². The maximum absolute atomic E-state index is 15.2. The first-order valence-electron chi connectivity index (χ1n) is 9.35. The molecule has 4 aromatic carbocycles. The van der Waals surface area contributed by atoms with Crippen LogP contribution in [-0.4, -0.2) is 4.98 Å². The fraction of sp³-hybridized carbons (Fsp3) is 0.0385. The SMILES string of the molecule is Cc1c(-c2ccccc2)c(F)cc2c(-c3ccc4ccccc4c3)nccc12. The van der Waals surface area contributed by atoms with Crippen LogP contribution in [0, 0.1) is 12.7 Å². The summed E-state index contributed by atoms with van der Waals surface area (Å²) >= 11 is 0. The highest BCUT2D eigenvalue weighted by atomic mass is 19.1. The van der Waals surface area contributed by atoms with Crippen molar-refractivity contribution in [1.29, 1.82) is 0 Å². The zero-order chi connectivity index (χ0) is 19.1. The van der Waals surface area contributed by atoms with E-state index in [0.29, 0.717) is 5.56 Å². The predicted molar refractivity (Wildman–Crippen MR) is 115 cm³/mol. The third kappa shape index (κ3) is 2.66. The third-order valence-corrected chi connectivity index (χ3v) is 5.36. The summed E-state index contributed by atoms with van der Waals surface area (Å²) in [6.07, 6.45) is 1.81. The van der Waals surface area contributed by atoms with Crippen LogP contribution in [0.25, 0.3) is 43.9 Å². The summed E-state index contributed by atoms with van der Waals surface area (Å²) < 4.78 is 15.2. The second kappa shape index (κ2) is 6.58. The molecule has 0 atom stereocenters. The molecule has 0 N–H and O–H groups in total. The molecular weight excluding hydrogens is 345 g/mol. The zero-order valence-electron chi connectivity index (χ0n) is 15.5. The highest BCUT2D eigenvalue weighted by Crippen LogP contribution is 2.36. The Bertz CT molecular complexity index is 1320. The molecule has 0 spiro atoms. The molecule has 1 aromatic heterocycles. The van der Waals surface area contributed by atoms with Crippen LogP contribution in [0.15, 0.2) is 91.1 Å². The summed E-state index contributed by atoms with van der Waals surface area (Å²) in [5.41, 5.74) is 4.29. The standard InChI is InChI=1S/C26H18FN/c1-17-22-13-14-28-26(21-12-11-18-7-5-6-10-20(18)15-21)23(22)16-24(27)25(17)19-8-3-2-4-9-19/h2-16H,1H3. The first-order valence-corrected chi connectivity index (χ1v) is 9.35. The second-order valence-corrected chi connectivity index (χ2v) is 7.04. The Kier molecular flexibility index (Phi) is 3.91. The molecular formula is C26H18FN. The Morgan fingerprint density at radius 1 is 0.679 bits per heavy atom. The minimum Gasteiger partial charge on any atom is -0.256 e. The Morgan fingerprint density at radius 3 is 2.25 bits per heavy atom. The van der Waals surface area contributed by atoms with Crippen molar-refractivity contribution in [2.24, 2.45) is 0 Å². The van der Waals surface area contributed by atoms with Gasteiger partial charge < -0.3 is 0 Å². The van der Waals surface area contributed by atoms with Gasteiger partial charge in [-0.3, -0.25) is 4.98 Å². The van der Waals surface area contributed by atoms with E-state index >= 15 is 4.39 Å². The van der Waals surface area contributed by atoms with E-state index in [1.54, 1.807) is 6.07 Å². The fourth-order valence-electron chi connectivity index (χ4n) is 3.98. The Hall–Kier alpha value is -3.52. The van der Waals surface area contributed by atoms with E-state index in [2.05, 4.69) is 35.3 Å². The Balaban J connectivity index is 1.77. The van der Waals surface area contributed by atoms with Gasteiger partial charge in [0.2, 0.25) is 0 Å². The lowest BCUT2D eigenvalue weighted by Gasteiger charge is -2.14. The molecule has 5 rings (SSSR count). The fourth-order valence-corrected chi connectivity index (χ4v) is 3.98. The van der Waals surface area contributed by atoms with Gasteiger partial charge in [0.05, 0.1) is 5.69 Å². The number of hydrogen-bond acceptors (Lipinski definition) is 1. The summed E-state index contributed by atoms with van der Waals surface area (Å²) in [5, 5.41) is 4.20. The Labute approximate surface area is 163 Å². The molecule has 0 amide bonds. The van der Waals surface area contributed by atoms with Crippen molar-refractivity contribution in [1.82, 2.24) is 4.98 Å². The second-order valence-electron chi connectivity index (χ2n) is 7.04. The number of benzene rings is 4. The van der Waals surface area contributed by atoms with Crippen molar-refractivity contribution in [2.45, 2.75) is 6.92 Å². The van der Waals surface area contributed by atoms with Gasteiger partial charge in [0.25, 0.3) is 0 Å². The lowest BCUT2D eigenvalue weighted by Crippen LogP contribution is -1.94. The minimum absolute atomic E-state index is 0.216. The van der Waals surface area contributed by atoms with Gasteiger partial charge in [-0.2, -0.15) is 0 Å². The molecule has 0 unspecified atom stereocenters. The van der Waals surface area contributed by atoms with E-state index < -0.39 is 0 Å². The maximum Gasteiger partial charge on any atom is 0.132 e. The van der Waals surface area contributed by atoms with Gasteiger partial charge in [-0.05, 0) is 52.4 Å². The normalized spacial score (nSPS) is 11.2. The molecule has 1 nitrogen and oxygen atoms in total. The average molecular weight is 363 g/mol. The van der Waals surface area contributed by atoms with E-state index in [4.69, 9.17) is 0 Å². The zero-order valence-corrected chi connectivity index (χ0v) is 15.5.